The summed E-state index contributed by atoms with van der Waals surface area (Å²) in [6.45, 7) is 1.82. The molecule has 2 heterocycles. The number of aromatic nitrogens is 4. The Hall–Kier alpha value is -1.89. The number of nitrogens with zero attached hydrogens (tertiary/aromatic N) is 4. The van der Waals surface area contributed by atoms with Crippen LogP contribution >= 0.6 is 15.9 Å². The van der Waals surface area contributed by atoms with Crippen LogP contribution < -0.4 is 0 Å². The molecule has 0 aliphatic heterocycles. The van der Waals surface area contributed by atoms with Crippen molar-refractivity contribution in [1.29, 1.82) is 0 Å². The van der Waals surface area contributed by atoms with Crippen molar-refractivity contribution in [3.8, 4) is 5.82 Å². The predicted octanol–water partition coefficient (Wildman–Crippen LogP) is 1.77. The van der Waals surface area contributed by atoms with Gasteiger partial charge in [-0.15, -0.1) is 0 Å². The molecule has 18 heavy (non-hydrogen) atoms. The molecule has 0 unspecified atom stereocenters. The SMILES string of the molecule is Cc1nn(C)c(-n2cc(Br)cn2)c1/C=C/C(=O)O. The van der Waals surface area contributed by atoms with E-state index in [4.69, 9.17) is 5.11 Å². The zero-order chi connectivity index (χ0) is 13.3. The van der Waals surface area contributed by atoms with Gasteiger partial charge in [0.15, 0.2) is 5.82 Å². The lowest BCUT2D eigenvalue weighted by atomic mass is 10.2. The molecule has 0 saturated heterocycles. The van der Waals surface area contributed by atoms with Gasteiger partial charge in [-0.3, -0.25) is 4.68 Å². The Balaban J connectivity index is 2.56. The maximum absolute atomic E-state index is 10.6. The number of rotatable bonds is 3. The minimum Gasteiger partial charge on any atom is -0.478 e. The van der Waals surface area contributed by atoms with Crippen LogP contribution in [-0.2, 0) is 11.8 Å². The summed E-state index contributed by atoms with van der Waals surface area (Å²) >= 11 is 3.32. The Morgan fingerprint density at radius 2 is 2.28 bits per heavy atom. The zero-order valence-corrected chi connectivity index (χ0v) is 11.4. The molecule has 0 aromatic carbocycles. The Morgan fingerprint density at radius 1 is 1.56 bits per heavy atom. The van der Waals surface area contributed by atoms with Crippen LogP contribution in [0.3, 0.4) is 0 Å². The molecule has 0 saturated carbocycles. The van der Waals surface area contributed by atoms with E-state index in [9.17, 15) is 4.79 Å². The third kappa shape index (κ3) is 2.35. The summed E-state index contributed by atoms with van der Waals surface area (Å²) in [5.74, 6) is -0.276. The van der Waals surface area contributed by atoms with Crippen LogP contribution in [-0.4, -0.2) is 30.6 Å². The first-order chi connectivity index (χ1) is 8.49. The molecule has 0 spiro atoms. The Morgan fingerprint density at radius 3 is 2.83 bits per heavy atom. The number of hydrogen-bond acceptors (Lipinski definition) is 3. The second-order valence-electron chi connectivity index (χ2n) is 3.72. The standard InChI is InChI=1S/C11H11BrN4O2/c1-7-9(3-4-10(17)18)11(15(2)14-7)16-6-8(12)5-13-16/h3-6H,1-2H3,(H,17,18)/b4-3+. The van der Waals surface area contributed by atoms with Crippen LogP contribution in [0.4, 0.5) is 0 Å². The van der Waals surface area contributed by atoms with Gasteiger partial charge >= 0.3 is 5.97 Å². The Kier molecular flexibility index (Phi) is 3.33. The third-order valence-electron chi connectivity index (χ3n) is 2.40. The monoisotopic (exact) mass is 310 g/mol. The highest BCUT2D eigenvalue weighted by atomic mass is 79.9. The van der Waals surface area contributed by atoms with E-state index in [2.05, 4.69) is 26.1 Å². The fraction of sp³-hybridized carbons (Fsp3) is 0.182. The second kappa shape index (κ2) is 4.77. The van der Waals surface area contributed by atoms with Crippen molar-refractivity contribution in [1.82, 2.24) is 19.6 Å². The average molecular weight is 311 g/mol. The molecule has 0 aliphatic rings. The summed E-state index contributed by atoms with van der Waals surface area (Å²) in [4.78, 5) is 10.6. The molecule has 94 valence electrons. The summed E-state index contributed by atoms with van der Waals surface area (Å²) < 4.78 is 4.15. The molecule has 0 amide bonds. The molecule has 0 atom stereocenters. The summed E-state index contributed by atoms with van der Waals surface area (Å²) in [6, 6.07) is 0. The topological polar surface area (TPSA) is 72.9 Å². The molecule has 7 heteroatoms. The van der Waals surface area contributed by atoms with Gasteiger partial charge in [0, 0.05) is 24.9 Å². The number of carbonyl (C=O) groups is 1. The lowest BCUT2D eigenvalue weighted by Crippen LogP contribution is -2.04. The summed E-state index contributed by atoms with van der Waals surface area (Å²) in [7, 11) is 1.79. The van der Waals surface area contributed by atoms with E-state index in [1.165, 1.54) is 6.08 Å². The number of carboxylic acids is 1. The van der Waals surface area contributed by atoms with Gasteiger partial charge in [0.2, 0.25) is 0 Å². The third-order valence-corrected chi connectivity index (χ3v) is 2.81. The van der Waals surface area contributed by atoms with E-state index in [-0.39, 0.29) is 0 Å². The molecule has 1 N–H and O–H groups in total. The minimum atomic E-state index is -0.995. The zero-order valence-electron chi connectivity index (χ0n) is 9.83. The highest BCUT2D eigenvalue weighted by Crippen LogP contribution is 2.20. The van der Waals surface area contributed by atoms with Gasteiger partial charge in [-0.1, -0.05) is 0 Å². The van der Waals surface area contributed by atoms with Gasteiger partial charge in [0.25, 0.3) is 0 Å². The first-order valence-electron chi connectivity index (χ1n) is 5.14. The van der Waals surface area contributed by atoms with Crippen LogP contribution in [0, 0.1) is 6.92 Å². The number of aryl methyl sites for hydroxylation is 2. The van der Waals surface area contributed by atoms with E-state index in [1.807, 2.05) is 6.92 Å². The predicted molar refractivity (Wildman–Crippen MR) is 69.4 cm³/mol. The molecule has 2 aromatic heterocycles. The van der Waals surface area contributed by atoms with Crippen LogP contribution in [0.1, 0.15) is 11.3 Å². The molecule has 0 fully saturated rings. The molecule has 0 radical (unpaired) electrons. The van der Waals surface area contributed by atoms with Gasteiger partial charge < -0.3 is 5.11 Å². The number of hydrogen-bond donors (Lipinski definition) is 1. The molecule has 0 aliphatic carbocycles. The Labute approximate surface area is 112 Å². The molecule has 2 aromatic rings. The maximum atomic E-state index is 10.6. The van der Waals surface area contributed by atoms with E-state index in [0.29, 0.717) is 0 Å². The first kappa shape index (κ1) is 12.6. The summed E-state index contributed by atoms with van der Waals surface area (Å²) in [5.41, 5.74) is 1.48. The number of aliphatic carboxylic acids is 1. The summed E-state index contributed by atoms with van der Waals surface area (Å²) in [5, 5.41) is 17.1. The van der Waals surface area contributed by atoms with E-state index < -0.39 is 5.97 Å². The molecule has 2 rings (SSSR count). The van der Waals surface area contributed by atoms with Crippen molar-refractivity contribution in [2.75, 3.05) is 0 Å². The summed E-state index contributed by atoms with van der Waals surface area (Å²) in [6.07, 6.45) is 6.06. The van der Waals surface area contributed by atoms with Gasteiger partial charge in [-0.2, -0.15) is 10.2 Å². The average Bonchev–Trinajstić information content (AvgIpc) is 2.79. The lowest BCUT2D eigenvalue weighted by Gasteiger charge is -2.03. The highest BCUT2D eigenvalue weighted by molar-refractivity contribution is 9.10. The molecular formula is C11H11BrN4O2. The second-order valence-corrected chi connectivity index (χ2v) is 4.64. The Bertz CT molecular complexity index is 627. The lowest BCUT2D eigenvalue weighted by molar-refractivity contribution is -0.131. The number of carboxylic acid groups (broad SMARTS) is 1. The van der Waals surface area contributed by atoms with Gasteiger partial charge in [0.1, 0.15) is 0 Å². The molecular weight excluding hydrogens is 300 g/mol. The van der Waals surface area contributed by atoms with Gasteiger partial charge in [-0.05, 0) is 28.9 Å². The van der Waals surface area contributed by atoms with Gasteiger partial charge in [-0.25, -0.2) is 9.48 Å². The van der Waals surface area contributed by atoms with Crippen molar-refractivity contribution in [2.45, 2.75) is 6.92 Å². The number of halogens is 1. The van der Waals surface area contributed by atoms with Crippen LogP contribution in [0.5, 0.6) is 0 Å². The van der Waals surface area contributed by atoms with Crippen LogP contribution in [0.25, 0.3) is 11.9 Å². The molecule has 6 nitrogen and oxygen atoms in total. The van der Waals surface area contributed by atoms with Crippen LogP contribution in [0.2, 0.25) is 0 Å². The van der Waals surface area contributed by atoms with Crippen molar-refractivity contribution < 1.29 is 9.90 Å². The van der Waals surface area contributed by atoms with E-state index in [1.54, 1.807) is 28.8 Å². The first-order valence-corrected chi connectivity index (χ1v) is 5.93. The van der Waals surface area contributed by atoms with Crippen molar-refractivity contribution in [3.63, 3.8) is 0 Å². The fourth-order valence-electron chi connectivity index (χ4n) is 1.70. The minimum absolute atomic E-state index is 0.718. The van der Waals surface area contributed by atoms with Crippen molar-refractivity contribution in [3.05, 3.63) is 34.2 Å². The fourth-order valence-corrected chi connectivity index (χ4v) is 1.99. The van der Waals surface area contributed by atoms with E-state index in [0.717, 1.165) is 27.6 Å². The van der Waals surface area contributed by atoms with E-state index >= 15 is 0 Å². The van der Waals surface area contributed by atoms with Gasteiger partial charge in [0.05, 0.1) is 16.4 Å². The highest BCUT2D eigenvalue weighted by Gasteiger charge is 2.13. The normalized spacial score (nSPS) is 11.3. The quantitative estimate of drug-likeness (QED) is 0.877. The van der Waals surface area contributed by atoms with Crippen molar-refractivity contribution >= 4 is 28.0 Å². The molecule has 0 bridgehead atoms. The smallest absolute Gasteiger partial charge is 0.328 e. The van der Waals surface area contributed by atoms with Crippen molar-refractivity contribution in [2.24, 2.45) is 7.05 Å². The maximum Gasteiger partial charge on any atom is 0.328 e. The largest absolute Gasteiger partial charge is 0.478 e. The van der Waals surface area contributed by atoms with Crippen LogP contribution in [0.15, 0.2) is 22.9 Å².